The minimum atomic E-state index is 0.499. The lowest BCUT2D eigenvalue weighted by Gasteiger charge is -2.09. The minimum absolute atomic E-state index is 0.499. The zero-order chi connectivity index (χ0) is 10.1. The Morgan fingerprint density at radius 3 is 2.54 bits per heavy atom. The van der Waals surface area contributed by atoms with Crippen molar-refractivity contribution in [2.45, 2.75) is 26.7 Å². The maximum atomic E-state index is 4.30. The first-order chi connectivity index (χ1) is 6.26. The highest BCUT2D eigenvalue weighted by Gasteiger charge is 2.04. The van der Waals surface area contributed by atoms with Crippen LogP contribution in [0.4, 0.5) is 0 Å². The summed E-state index contributed by atoms with van der Waals surface area (Å²) < 4.78 is 0. The third-order valence-electron chi connectivity index (χ3n) is 1.84. The lowest BCUT2D eigenvalue weighted by molar-refractivity contribution is 0.597. The van der Waals surface area contributed by atoms with Gasteiger partial charge in [0.05, 0.1) is 0 Å². The van der Waals surface area contributed by atoms with E-state index >= 15 is 0 Å². The minimum Gasteiger partial charge on any atom is -0.261 e. The van der Waals surface area contributed by atoms with Crippen LogP contribution in [0.25, 0.3) is 0 Å². The van der Waals surface area contributed by atoms with E-state index in [2.05, 4.69) is 32.0 Å². The molecule has 0 aliphatic carbocycles. The number of hydrogen-bond donors (Lipinski definition) is 0. The molecule has 0 aromatic rings. The highest BCUT2D eigenvalue weighted by Crippen LogP contribution is 2.17. The molecule has 0 aromatic heterocycles. The molecule has 13 heavy (non-hydrogen) atoms. The molecule has 1 atom stereocenters. The van der Waals surface area contributed by atoms with Crippen molar-refractivity contribution < 1.29 is 0 Å². The van der Waals surface area contributed by atoms with Crippen molar-refractivity contribution in [2.24, 2.45) is 10.9 Å². The largest absolute Gasteiger partial charge is 0.261 e. The van der Waals surface area contributed by atoms with Crippen molar-refractivity contribution in [1.29, 1.82) is 0 Å². The van der Waals surface area contributed by atoms with Crippen molar-refractivity contribution >= 4 is 6.21 Å². The molecule has 0 radical (unpaired) electrons. The van der Waals surface area contributed by atoms with Gasteiger partial charge in [-0.3, -0.25) is 4.99 Å². The molecule has 0 bridgehead atoms. The van der Waals surface area contributed by atoms with Crippen LogP contribution in [0.1, 0.15) is 26.7 Å². The van der Waals surface area contributed by atoms with Crippen LogP contribution >= 0.6 is 0 Å². The molecule has 0 saturated carbocycles. The highest BCUT2D eigenvalue weighted by molar-refractivity contribution is 5.71. The number of aliphatic imine (C=N–C) groups is 1. The summed E-state index contributed by atoms with van der Waals surface area (Å²) in [6.45, 7) is 11.6. The van der Waals surface area contributed by atoms with Gasteiger partial charge in [-0.2, -0.15) is 0 Å². The van der Waals surface area contributed by atoms with Gasteiger partial charge in [0, 0.05) is 11.9 Å². The summed E-state index contributed by atoms with van der Waals surface area (Å²) in [4.78, 5) is 4.30. The zero-order valence-electron chi connectivity index (χ0n) is 8.66. The van der Waals surface area contributed by atoms with Crippen molar-refractivity contribution in [3.8, 4) is 0 Å². The molecule has 0 heterocycles. The molecule has 0 aromatic carbocycles. The molecule has 0 rings (SSSR count). The van der Waals surface area contributed by atoms with E-state index in [1.165, 1.54) is 6.42 Å². The van der Waals surface area contributed by atoms with Crippen LogP contribution < -0.4 is 0 Å². The Bertz CT molecular complexity index is 211. The third kappa shape index (κ3) is 5.18. The van der Waals surface area contributed by atoms with Gasteiger partial charge in [0.2, 0.25) is 0 Å². The topological polar surface area (TPSA) is 12.4 Å². The Kier molecular flexibility index (Phi) is 6.89. The van der Waals surface area contributed by atoms with Crippen LogP contribution in [0.2, 0.25) is 0 Å². The van der Waals surface area contributed by atoms with Gasteiger partial charge in [-0.25, -0.2) is 0 Å². The Hall–Kier alpha value is -1.11. The molecule has 1 unspecified atom stereocenters. The molecule has 1 nitrogen and oxygen atoms in total. The van der Waals surface area contributed by atoms with Gasteiger partial charge >= 0.3 is 0 Å². The molecular weight excluding hydrogens is 158 g/mol. The number of hydrogen-bond acceptors (Lipinski definition) is 1. The number of allylic oxidation sites excluding steroid dienone is 4. The summed E-state index contributed by atoms with van der Waals surface area (Å²) in [6, 6.07) is 0. The van der Waals surface area contributed by atoms with E-state index in [1.807, 2.05) is 6.08 Å². The quantitative estimate of drug-likeness (QED) is 0.433. The normalized spacial score (nSPS) is 14.5. The van der Waals surface area contributed by atoms with Gasteiger partial charge in [-0.05, 0) is 18.4 Å². The molecule has 0 aliphatic rings. The van der Waals surface area contributed by atoms with Gasteiger partial charge in [-0.1, -0.05) is 45.6 Å². The summed E-state index contributed by atoms with van der Waals surface area (Å²) in [5.74, 6) is 0.499. The standard InChI is InChI=1S/C12H19N/c1-5-8-11(4)12(9-6-2)13-10-7-3/h6-7,9-11H,2-3,5,8H2,1,4H3/b12-9-,13-10-. The van der Waals surface area contributed by atoms with Crippen LogP contribution in [-0.2, 0) is 0 Å². The average Bonchev–Trinajstić information content (AvgIpc) is 2.12. The summed E-state index contributed by atoms with van der Waals surface area (Å²) in [5.41, 5.74) is 1.08. The fourth-order valence-electron chi connectivity index (χ4n) is 1.17. The third-order valence-corrected chi connectivity index (χ3v) is 1.84. The summed E-state index contributed by atoms with van der Waals surface area (Å²) in [6.07, 6.45) is 9.49. The van der Waals surface area contributed by atoms with Crippen LogP contribution in [0.5, 0.6) is 0 Å². The van der Waals surface area contributed by atoms with Gasteiger partial charge in [0.15, 0.2) is 0 Å². The summed E-state index contributed by atoms with van der Waals surface area (Å²) in [5, 5.41) is 0. The molecule has 0 N–H and O–H groups in total. The second-order valence-corrected chi connectivity index (χ2v) is 3.03. The van der Waals surface area contributed by atoms with Crippen LogP contribution in [0.15, 0.2) is 42.1 Å². The first-order valence-electron chi connectivity index (χ1n) is 4.74. The maximum absolute atomic E-state index is 4.30. The molecule has 0 saturated heterocycles. The van der Waals surface area contributed by atoms with Crippen LogP contribution in [0.3, 0.4) is 0 Å². The van der Waals surface area contributed by atoms with Crippen LogP contribution in [0, 0.1) is 5.92 Å². The molecule has 0 spiro atoms. The monoisotopic (exact) mass is 177 g/mol. The second-order valence-electron chi connectivity index (χ2n) is 3.03. The fourth-order valence-corrected chi connectivity index (χ4v) is 1.17. The van der Waals surface area contributed by atoms with E-state index in [-0.39, 0.29) is 0 Å². The number of nitrogens with zero attached hydrogens (tertiary/aromatic N) is 1. The van der Waals surface area contributed by atoms with E-state index < -0.39 is 0 Å². The first-order valence-corrected chi connectivity index (χ1v) is 4.74. The van der Waals surface area contributed by atoms with Crippen molar-refractivity contribution in [3.05, 3.63) is 37.1 Å². The molecule has 0 fully saturated rings. The summed E-state index contributed by atoms with van der Waals surface area (Å²) >= 11 is 0. The number of rotatable bonds is 6. The van der Waals surface area contributed by atoms with E-state index in [0.29, 0.717) is 5.92 Å². The Balaban J connectivity index is 4.40. The van der Waals surface area contributed by atoms with Gasteiger partial charge < -0.3 is 0 Å². The van der Waals surface area contributed by atoms with Crippen molar-refractivity contribution in [2.75, 3.05) is 0 Å². The average molecular weight is 177 g/mol. The van der Waals surface area contributed by atoms with Crippen LogP contribution in [-0.4, -0.2) is 6.21 Å². The van der Waals surface area contributed by atoms with Gasteiger partial charge in [-0.15, -0.1) is 0 Å². The maximum Gasteiger partial charge on any atom is 0.0431 e. The zero-order valence-corrected chi connectivity index (χ0v) is 8.66. The van der Waals surface area contributed by atoms with E-state index in [9.17, 15) is 0 Å². The van der Waals surface area contributed by atoms with Crippen molar-refractivity contribution in [3.63, 3.8) is 0 Å². The lowest BCUT2D eigenvalue weighted by atomic mass is 10.0. The summed E-state index contributed by atoms with van der Waals surface area (Å²) in [7, 11) is 0. The molecular formula is C12H19N. The van der Waals surface area contributed by atoms with E-state index in [4.69, 9.17) is 0 Å². The fraction of sp³-hybridized carbons (Fsp3) is 0.417. The van der Waals surface area contributed by atoms with E-state index in [0.717, 1.165) is 12.1 Å². The second kappa shape index (κ2) is 7.53. The van der Waals surface area contributed by atoms with Gasteiger partial charge in [0.1, 0.15) is 0 Å². The highest BCUT2D eigenvalue weighted by atomic mass is 14.7. The molecule has 72 valence electrons. The van der Waals surface area contributed by atoms with Gasteiger partial charge in [0.25, 0.3) is 0 Å². The Morgan fingerprint density at radius 1 is 1.38 bits per heavy atom. The predicted molar refractivity (Wildman–Crippen MR) is 61.0 cm³/mol. The lowest BCUT2D eigenvalue weighted by Crippen LogP contribution is -1.96. The molecule has 0 aliphatic heterocycles. The Labute approximate surface area is 81.6 Å². The molecule has 1 heteroatoms. The molecule has 0 amide bonds. The SMILES string of the molecule is C=C/C=N\C(=C/C=C)C(C)CCC. The van der Waals surface area contributed by atoms with Crippen molar-refractivity contribution in [1.82, 2.24) is 0 Å². The van der Waals surface area contributed by atoms with E-state index in [1.54, 1.807) is 18.4 Å². The predicted octanol–water partition coefficient (Wildman–Crippen LogP) is 3.75. The smallest absolute Gasteiger partial charge is 0.0431 e. The first kappa shape index (κ1) is 11.9. The Morgan fingerprint density at radius 2 is 2.08 bits per heavy atom.